The van der Waals surface area contributed by atoms with E-state index >= 15 is 0 Å². The summed E-state index contributed by atoms with van der Waals surface area (Å²) in [6.07, 6.45) is 6.71. The quantitative estimate of drug-likeness (QED) is 0.609. The first-order valence-electron chi connectivity index (χ1n) is 5.98. The minimum absolute atomic E-state index is 0.0139. The Morgan fingerprint density at radius 2 is 2.27 bits per heavy atom. The van der Waals surface area contributed by atoms with Gasteiger partial charge >= 0.3 is 0 Å². The molecule has 7 nitrogen and oxygen atoms in total. The molecule has 0 radical (unpaired) electrons. The molecule has 0 bridgehead atoms. The number of methoxy groups -OCH3 is 1. The number of halogens is 1. The maximum atomic E-state index is 12.8. The molecule has 2 aromatic heterocycles. The number of sulfonamides is 1. The summed E-state index contributed by atoms with van der Waals surface area (Å²) in [6.45, 7) is 1.25. The molecular weight excluding hydrogens is 330 g/mol. The highest BCUT2D eigenvalue weighted by molar-refractivity contribution is 7.92. The Balaban J connectivity index is 2.62. The van der Waals surface area contributed by atoms with E-state index in [1.165, 1.54) is 25.4 Å². The van der Waals surface area contributed by atoms with Gasteiger partial charge in [-0.05, 0) is 25.0 Å². The second-order valence-corrected chi connectivity index (χ2v) is 6.35. The smallest absolute Gasteiger partial charge is 0.270 e. The van der Waals surface area contributed by atoms with Crippen LogP contribution in [0.5, 0.6) is 0 Å². The maximum absolute atomic E-state index is 12.8. The highest BCUT2D eigenvalue weighted by Gasteiger charge is 2.32. The molecule has 0 aromatic carbocycles. The van der Waals surface area contributed by atoms with Crippen LogP contribution in [0, 0.1) is 19.3 Å². The fraction of sp³-hybridized carbons (Fsp3) is 0.231. The number of terminal acetylenes is 1. The number of anilines is 1. The number of aromatic nitrogens is 2. The van der Waals surface area contributed by atoms with Gasteiger partial charge in [-0.25, -0.2) is 17.7 Å². The van der Waals surface area contributed by atoms with Gasteiger partial charge in [-0.2, -0.15) is 0 Å². The van der Waals surface area contributed by atoms with Crippen LogP contribution >= 0.6 is 11.6 Å². The molecule has 9 heteroatoms. The van der Waals surface area contributed by atoms with E-state index in [2.05, 4.69) is 16.1 Å². The average molecular weight is 342 g/mol. The van der Waals surface area contributed by atoms with Gasteiger partial charge in [0.15, 0.2) is 5.76 Å². The molecular formula is C13H12ClN3O4S. The van der Waals surface area contributed by atoms with E-state index in [-0.39, 0.29) is 33.9 Å². The third-order valence-electron chi connectivity index (χ3n) is 2.73. The number of rotatable bonds is 5. The average Bonchev–Trinajstić information content (AvgIpc) is 2.84. The lowest BCUT2D eigenvalue weighted by Crippen LogP contribution is -2.34. The van der Waals surface area contributed by atoms with Crippen LogP contribution in [0.2, 0.25) is 5.02 Å². The summed E-state index contributed by atoms with van der Waals surface area (Å²) in [4.78, 5) is 3.72. The van der Waals surface area contributed by atoms with Crippen molar-refractivity contribution in [3.05, 3.63) is 34.8 Å². The molecule has 2 aromatic rings. The fourth-order valence-electron chi connectivity index (χ4n) is 1.69. The number of aryl methyl sites for hydroxylation is 1. The van der Waals surface area contributed by atoms with Gasteiger partial charge in [0.2, 0.25) is 5.82 Å². The molecule has 0 saturated carbocycles. The molecule has 0 aliphatic heterocycles. The van der Waals surface area contributed by atoms with Crippen LogP contribution in [-0.2, 0) is 14.8 Å². The molecule has 0 aliphatic carbocycles. The second-order valence-electron chi connectivity index (χ2n) is 4.14. The van der Waals surface area contributed by atoms with Gasteiger partial charge in [0, 0.05) is 13.3 Å². The van der Waals surface area contributed by atoms with Crippen LogP contribution in [0.1, 0.15) is 11.5 Å². The van der Waals surface area contributed by atoms with Gasteiger partial charge in [-0.15, -0.1) is 6.42 Å². The topological polar surface area (TPSA) is 85.5 Å². The molecule has 2 rings (SSSR count). The van der Waals surface area contributed by atoms with Crippen molar-refractivity contribution in [1.82, 2.24) is 10.1 Å². The molecule has 22 heavy (non-hydrogen) atoms. The Bertz CT molecular complexity index is 826. The summed E-state index contributed by atoms with van der Waals surface area (Å²) >= 11 is 6.03. The summed E-state index contributed by atoms with van der Waals surface area (Å²) in [5, 5.41) is 3.75. The minimum atomic E-state index is -4.07. The van der Waals surface area contributed by atoms with Crippen molar-refractivity contribution < 1.29 is 17.7 Å². The van der Waals surface area contributed by atoms with Gasteiger partial charge in [-0.3, -0.25) is 0 Å². The van der Waals surface area contributed by atoms with Gasteiger partial charge in [0.1, 0.15) is 22.3 Å². The van der Waals surface area contributed by atoms with Crippen LogP contribution in [0.15, 0.2) is 27.7 Å². The molecule has 0 aliphatic rings. The van der Waals surface area contributed by atoms with E-state index in [1.807, 2.05) is 0 Å². The van der Waals surface area contributed by atoms with Gasteiger partial charge in [0.05, 0.1) is 0 Å². The molecule has 0 fully saturated rings. The van der Waals surface area contributed by atoms with Crippen molar-refractivity contribution in [2.75, 3.05) is 18.1 Å². The standard InChI is InChI=1S/C13H12ClN3O4S/c1-4-10-11(6-5-7-15-10)22(18,19)17(8-20-3)13-12(14)9(2)21-16-13/h1,5-7H,8H2,2-3H3. The zero-order valence-corrected chi connectivity index (χ0v) is 13.3. The van der Waals surface area contributed by atoms with Crippen LogP contribution in [0.3, 0.4) is 0 Å². The first-order valence-corrected chi connectivity index (χ1v) is 7.80. The molecule has 0 spiro atoms. The number of hydrogen-bond acceptors (Lipinski definition) is 6. The van der Waals surface area contributed by atoms with E-state index < -0.39 is 10.0 Å². The van der Waals surface area contributed by atoms with Crippen molar-refractivity contribution in [3.63, 3.8) is 0 Å². The molecule has 0 unspecified atom stereocenters. The summed E-state index contributed by atoms with van der Waals surface area (Å²) in [6, 6.07) is 2.81. The number of hydrogen-bond donors (Lipinski definition) is 0. The zero-order chi connectivity index (χ0) is 16.3. The minimum Gasteiger partial charge on any atom is -0.363 e. The molecule has 0 N–H and O–H groups in total. The lowest BCUT2D eigenvalue weighted by molar-refractivity contribution is 0.208. The zero-order valence-electron chi connectivity index (χ0n) is 11.8. The maximum Gasteiger partial charge on any atom is 0.270 e. The third-order valence-corrected chi connectivity index (χ3v) is 4.91. The highest BCUT2D eigenvalue weighted by atomic mass is 35.5. The van der Waals surface area contributed by atoms with Gasteiger partial charge in [0.25, 0.3) is 10.0 Å². The van der Waals surface area contributed by atoms with E-state index in [4.69, 9.17) is 27.3 Å². The molecule has 0 amide bonds. The van der Waals surface area contributed by atoms with Crippen molar-refractivity contribution in [1.29, 1.82) is 0 Å². The largest absolute Gasteiger partial charge is 0.363 e. The van der Waals surface area contributed by atoms with E-state index in [9.17, 15) is 8.42 Å². The molecule has 116 valence electrons. The Labute approximate surface area is 132 Å². The molecule has 0 saturated heterocycles. The predicted octanol–water partition coefficient (Wildman–Crippen LogP) is 1.81. The van der Waals surface area contributed by atoms with E-state index in [0.717, 1.165) is 4.31 Å². The first kappa shape index (κ1) is 16.3. The molecule has 0 atom stereocenters. The van der Waals surface area contributed by atoms with Crippen molar-refractivity contribution in [3.8, 4) is 12.3 Å². The monoisotopic (exact) mass is 341 g/mol. The van der Waals surface area contributed by atoms with Crippen molar-refractivity contribution in [2.45, 2.75) is 11.8 Å². The Morgan fingerprint density at radius 3 is 2.82 bits per heavy atom. The molecule has 2 heterocycles. The lowest BCUT2D eigenvalue weighted by atomic mass is 10.4. The van der Waals surface area contributed by atoms with E-state index in [1.54, 1.807) is 6.92 Å². The summed E-state index contributed by atoms with van der Waals surface area (Å²) in [7, 11) is -2.73. The summed E-state index contributed by atoms with van der Waals surface area (Å²) in [5.41, 5.74) is -0.0139. The van der Waals surface area contributed by atoms with Gasteiger partial charge < -0.3 is 9.26 Å². The van der Waals surface area contributed by atoms with Crippen LogP contribution in [0.4, 0.5) is 5.82 Å². The number of nitrogens with zero attached hydrogens (tertiary/aromatic N) is 3. The lowest BCUT2D eigenvalue weighted by Gasteiger charge is -2.21. The Morgan fingerprint density at radius 1 is 1.55 bits per heavy atom. The second kappa shape index (κ2) is 6.36. The van der Waals surface area contributed by atoms with Crippen molar-refractivity contribution >= 4 is 27.4 Å². The number of pyridine rings is 1. The van der Waals surface area contributed by atoms with Crippen LogP contribution in [0.25, 0.3) is 0 Å². The Hall–Kier alpha value is -2.08. The highest BCUT2D eigenvalue weighted by Crippen LogP contribution is 2.32. The Kier molecular flexibility index (Phi) is 4.71. The SMILES string of the molecule is C#Cc1ncccc1S(=O)(=O)N(COC)c1noc(C)c1Cl. The predicted molar refractivity (Wildman–Crippen MR) is 80.0 cm³/mol. The first-order chi connectivity index (χ1) is 10.4. The van der Waals surface area contributed by atoms with Crippen molar-refractivity contribution in [2.24, 2.45) is 0 Å². The normalized spacial score (nSPS) is 11.2. The van der Waals surface area contributed by atoms with Crippen LogP contribution < -0.4 is 4.31 Å². The third kappa shape index (κ3) is 2.78. The summed E-state index contributed by atoms with van der Waals surface area (Å²) in [5.74, 6) is 2.45. The van der Waals surface area contributed by atoms with Gasteiger partial charge in [-0.1, -0.05) is 16.8 Å². The fourth-order valence-corrected chi connectivity index (χ4v) is 3.35. The number of ether oxygens (including phenoxy) is 1. The van der Waals surface area contributed by atoms with Crippen LogP contribution in [-0.4, -0.2) is 32.4 Å². The summed E-state index contributed by atoms with van der Waals surface area (Å²) < 4.78 is 36.4. The van der Waals surface area contributed by atoms with E-state index in [0.29, 0.717) is 0 Å².